The fourth-order valence-electron chi connectivity index (χ4n) is 3.10. The lowest BCUT2D eigenvalue weighted by molar-refractivity contribution is -0.117. The third-order valence-corrected chi connectivity index (χ3v) is 10.7. The van der Waals surface area contributed by atoms with Crippen molar-refractivity contribution in [3.8, 4) is 0 Å². The quantitative estimate of drug-likeness (QED) is 0.359. The van der Waals surface area contributed by atoms with E-state index in [-0.39, 0.29) is 11.6 Å². The molecular weight excluding hydrogens is 386 g/mol. The molecule has 0 radical (unpaired) electrons. The largest absolute Gasteiger partial charge is 0.450 e. The summed E-state index contributed by atoms with van der Waals surface area (Å²) < 4.78 is 5.97. The number of Topliss-reactive ketones (excluding diaryl/α,β-unsaturated/α-hetero) is 1. The number of carbonyl (C=O) groups is 2. The Balaban J connectivity index is 0.000000180. The van der Waals surface area contributed by atoms with Crippen LogP contribution in [0.3, 0.4) is 0 Å². The highest BCUT2D eigenvalue weighted by Crippen LogP contribution is 2.33. The topological polar surface area (TPSA) is 52.4 Å². The molecule has 3 fully saturated rings. The number of carbonyl (C=O) groups excluding carboxylic acids is 2. The van der Waals surface area contributed by atoms with Gasteiger partial charge in [0.05, 0.1) is 5.70 Å². The van der Waals surface area contributed by atoms with Crippen LogP contribution in [0.5, 0.6) is 0 Å². The van der Waals surface area contributed by atoms with E-state index in [1.807, 2.05) is 26.1 Å². The van der Waals surface area contributed by atoms with Gasteiger partial charge >= 0.3 is 0 Å². The Morgan fingerprint density at radius 2 is 1.32 bits per heavy atom. The summed E-state index contributed by atoms with van der Waals surface area (Å²) in [7, 11) is -3.16. The highest BCUT2D eigenvalue weighted by Gasteiger charge is 2.43. The van der Waals surface area contributed by atoms with E-state index in [0.29, 0.717) is 17.1 Å². The summed E-state index contributed by atoms with van der Waals surface area (Å²) in [5, 5.41) is 0. The van der Waals surface area contributed by atoms with Crippen LogP contribution >= 0.6 is 0 Å². The minimum absolute atomic E-state index is 0.00546. The maximum Gasteiger partial charge on any atom is 0.227 e. The predicted octanol–water partition coefficient (Wildman–Crippen LogP) is 2.04. The number of rotatable bonds is 7. The lowest BCUT2D eigenvalue weighted by Gasteiger charge is -2.29. The van der Waals surface area contributed by atoms with Gasteiger partial charge in [-0.25, -0.2) is 0 Å². The first kappa shape index (κ1) is 20.8. The highest BCUT2D eigenvalue weighted by atomic mass is 28.4. The van der Waals surface area contributed by atoms with Gasteiger partial charge in [0.25, 0.3) is 0 Å². The zero-order valence-corrected chi connectivity index (χ0v) is 19.5. The van der Waals surface area contributed by atoms with E-state index < -0.39 is 16.6 Å². The molecule has 0 saturated carbocycles. The van der Waals surface area contributed by atoms with Gasteiger partial charge in [0, 0.05) is 45.3 Å². The van der Waals surface area contributed by atoms with Crippen molar-refractivity contribution in [1.29, 1.82) is 0 Å². The van der Waals surface area contributed by atoms with Crippen LogP contribution in [0.2, 0.25) is 26.2 Å². The molecule has 0 N–H and O–H groups in total. The minimum atomic E-state index is -1.74. The molecule has 3 heterocycles. The summed E-state index contributed by atoms with van der Waals surface area (Å²) in [4.78, 5) is 30.5. The van der Waals surface area contributed by atoms with Crippen LogP contribution in [0.1, 0.15) is 0 Å². The third-order valence-electron chi connectivity index (χ3n) is 4.82. The summed E-state index contributed by atoms with van der Waals surface area (Å²) in [6, 6.07) is 0. The smallest absolute Gasteiger partial charge is 0.227 e. The molecule has 0 aromatic heterocycles. The number of hydrogen-bond acceptors (Lipinski definition) is 6. The average Bonchev–Trinajstić information content (AvgIpc) is 3.48. The summed E-state index contributed by atoms with van der Waals surface area (Å²) in [6.07, 6.45) is 1.52. The summed E-state index contributed by atoms with van der Waals surface area (Å²) in [5.41, 5.74) is 5.74. The van der Waals surface area contributed by atoms with Gasteiger partial charge in [-0.2, -0.15) is 0 Å². The third kappa shape index (κ3) is 4.92. The highest BCUT2D eigenvalue weighted by molar-refractivity contribution is 6.90. The zero-order chi connectivity index (χ0) is 20.7. The summed E-state index contributed by atoms with van der Waals surface area (Å²) in [6.45, 7) is 21.6. The number of ketones is 2. The van der Waals surface area contributed by atoms with Crippen LogP contribution in [-0.4, -0.2) is 82.2 Å². The Hall–Kier alpha value is -1.91. The van der Waals surface area contributed by atoms with Gasteiger partial charge in [-0.3, -0.25) is 9.59 Å². The van der Waals surface area contributed by atoms with Crippen molar-refractivity contribution in [2.75, 3.05) is 39.3 Å². The Bertz CT molecular complexity index is 762. The first-order valence-electron chi connectivity index (χ1n) is 9.86. The van der Waals surface area contributed by atoms with Gasteiger partial charge in [-0.1, -0.05) is 11.4 Å². The van der Waals surface area contributed by atoms with E-state index >= 15 is 0 Å². The molecule has 3 saturated heterocycles. The number of allylic oxidation sites excluding steroid dienone is 1. The van der Waals surface area contributed by atoms with Crippen molar-refractivity contribution in [2.24, 2.45) is 0 Å². The molecule has 4 rings (SSSR count). The Morgan fingerprint density at radius 3 is 1.68 bits per heavy atom. The molecule has 0 spiro atoms. The first-order valence-corrected chi connectivity index (χ1v) is 15.8. The molecule has 0 bridgehead atoms. The van der Waals surface area contributed by atoms with Crippen LogP contribution < -0.4 is 0 Å². The Kier molecular flexibility index (Phi) is 5.57. The summed E-state index contributed by atoms with van der Waals surface area (Å²) in [5.74, 6) is 0.0485. The zero-order valence-electron chi connectivity index (χ0n) is 17.5. The van der Waals surface area contributed by atoms with Gasteiger partial charge in [-0.15, -0.1) is 13.2 Å². The summed E-state index contributed by atoms with van der Waals surface area (Å²) >= 11 is 0. The SMILES string of the molecule is C=C[Si](C)(C=C)O[Si](C)(C)C.O=C1C=C(N2CC2)C(=O)C(N2CC2)=C1N1CC1. The molecule has 28 heavy (non-hydrogen) atoms. The van der Waals surface area contributed by atoms with Gasteiger partial charge in [0.15, 0.2) is 8.32 Å². The molecule has 0 aromatic rings. The van der Waals surface area contributed by atoms with E-state index in [1.165, 1.54) is 6.08 Å². The van der Waals surface area contributed by atoms with Crippen molar-refractivity contribution in [2.45, 2.75) is 26.2 Å². The van der Waals surface area contributed by atoms with Crippen LogP contribution in [0.15, 0.2) is 47.7 Å². The lowest BCUT2D eigenvalue weighted by Crippen LogP contribution is -2.41. The van der Waals surface area contributed by atoms with E-state index in [9.17, 15) is 9.59 Å². The molecular formula is C20H31N3O3Si2. The normalized spacial score (nSPS) is 21.1. The van der Waals surface area contributed by atoms with Crippen molar-refractivity contribution < 1.29 is 13.7 Å². The van der Waals surface area contributed by atoms with Crippen LogP contribution in [0.4, 0.5) is 0 Å². The van der Waals surface area contributed by atoms with Crippen LogP contribution in [0.25, 0.3) is 0 Å². The first-order chi connectivity index (χ1) is 13.1. The van der Waals surface area contributed by atoms with Gasteiger partial charge in [0.1, 0.15) is 11.4 Å². The lowest BCUT2D eigenvalue weighted by atomic mass is 10.0. The molecule has 8 heteroatoms. The number of nitrogens with zero attached hydrogens (tertiary/aromatic N) is 3. The van der Waals surface area contributed by atoms with Crippen LogP contribution in [0, 0.1) is 0 Å². The fraction of sp³-hybridized carbons (Fsp3) is 0.500. The minimum Gasteiger partial charge on any atom is -0.450 e. The van der Waals surface area contributed by atoms with Crippen molar-refractivity contribution in [1.82, 2.24) is 14.7 Å². The fourth-order valence-corrected chi connectivity index (χ4v) is 9.21. The molecule has 3 aliphatic heterocycles. The van der Waals surface area contributed by atoms with E-state index in [0.717, 1.165) is 39.3 Å². The second-order valence-electron chi connectivity index (χ2n) is 8.69. The maximum atomic E-state index is 12.4. The molecule has 1 aliphatic carbocycles. The molecule has 4 aliphatic rings. The van der Waals surface area contributed by atoms with E-state index in [4.69, 9.17) is 4.12 Å². The van der Waals surface area contributed by atoms with Gasteiger partial charge < -0.3 is 18.8 Å². The maximum absolute atomic E-state index is 12.4. The molecule has 0 amide bonds. The van der Waals surface area contributed by atoms with E-state index in [1.54, 1.807) is 0 Å². The molecule has 0 aromatic carbocycles. The Labute approximate surface area is 170 Å². The molecule has 0 atom stereocenters. The van der Waals surface area contributed by atoms with Crippen LogP contribution in [-0.2, 0) is 13.7 Å². The second kappa shape index (κ2) is 7.49. The van der Waals surface area contributed by atoms with E-state index in [2.05, 4.69) is 39.3 Å². The van der Waals surface area contributed by atoms with Gasteiger partial charge in [-0.05, 0) is 26.2 Å². The standard InChI is InChI=1S/C12H13N3O2.C8H18OSi2/c16-9-7-8(13-1-2-13)12(17)11(15-5-6-15)10(9)14-3-4-14;1-7-11(6,8-2)9-10(3,4)5/h7H,1-6H2;7-8H,1-2H2,3-6H3. The molecule has 152 valence electrons. The molecule has 0 unspecified atom stereocenters. The predicted molar refractivity (Wildman–Crippen MR) is 116 cm³/mol. The van der Waals surface area contributed by atoms with Gasteiger partial charge in [0.2, 0.25) is 19.9 Å². The van der Waals surface area contributed by atoms with Crippen molar-refractivity contribution in [3.63, 3.8) is 0 Å². The van der Waals surface area contributed by atoms with Crippen molar-refractivity contribution in [3.05, 3.63) is 47.7 Å². The number of hydrogen-bond donors (Lipinski definition) is 0. The van der Waals surface area contributed by atoms with Crippen molar-refractivity contribution >= 4 is 28.2 Å². The molecule has 6 nitrogen and oxygen atoms in total. The second-order valence-corrected chi connectivity index (χ2v) is 16.9. The Morgan fingerprint density at radius 1 is 0.857 bits per heavy atom. The average molecular weight is 418 g/mol. The monoisotopic (exact) mass is 417 g/mol.